The van der Waals surface area contributed by atoms with Gasteiger partial charge in [0.1, 0.15) is 0 Å². The first-order valence-electron chi connectivity index (χ1n) is 4.98. The van der Waals surface area contributed by atoms with Crippen LogP contribution in [0.4, 0.5) is 15.3 Å². The maximum Gasteiger partial charge on any atom is 0.415 e. The molecule has 0 aliphatic heterocycles. The minimum absolute atomic E-state index is 0.453. The van der Waals surface area contributed by atoms with Crippen molar-refractivity contribution in [3.05, 3.63) is 18.2 Å². The number of rotatable bonds is 3. The largest absolute Gasteiger partial charge is 0.493 e. The lowest BCUT2D eigenvalue weighted by atomic mass is 10.3. The summed E-state index contributed by atoms with van der Waals surface area (Å²) in [4.78, 5) is 22.1. The van der Waals surface area contributed by atoms with Crippen molar-refractivity contribution in [1.82, 2.24) is 5.32 Å². The van der Waals surface area contributed by atoms with Gasteiger partial charge in [0.05, 0.1) is 21.3 Å². The fourth-order valence-corrected chi connectivity index (χ4v) is 1.22. The number of hydrogen-bond donors (Lipinski definition) is 2. The van der Waals surface area contributed by atoms with Gasteiger partial charge in [0, 0.05) is 11.8 Å². The molecule has 0 aliphatic carbocycles. The summed E-state index contributed by atoms with van der Waals surface area (Å²) in [7, 11) is 4.16. The molecule has 0 saturated carbocycles. The van der Waals surface area contributed by atoms with E-state index in [9.17, 15) is 9.59 Å². The van der Waals surface area contributed by atoms with E-state index in [1.54, 1.807) is 18.2 Å². The van der Waals surface area contributed by atoms with E-state index in [4.69, 9.17) is 9.47 Å². The topological polar surface area (TPSA) is 85.9 Å². The third-order valence-corrected chi connectivity index (χ3v) is 2.04. The summed E-state index contributed by atoms with van der Waals surface area (Å²) in [5, 5.41) is 4.41. The van der Waals surface area contributed by atoms with E-state index >= 15 is 0 Å². The van der Waals surface area contributed by atoms with Crippen LogP contribution in [-0.4, -0.2) is 33.5 Å². The Hall–Kier alpha value is -2.44. The fraction of sp³-hybridized carbons (Fsp3) is 0.273. The van der Waals surface area contributed by atoms with Crippen molar-refractivity contribution >= 4 is 17.8 Å². The van der Waals surface area contributed by atoms with Crippen molar-refractivity contribution < 1.29 is 23.8 Å². The zero-order valence-corrected chi connectivity index (χ0v) is 10.3. The van der Waals surface area contributed by atoms with Crippen molar-refractivity contribution in [1.29, 1.82) is 0 Å². The van der Waals surface area contributed by atoms with Gasteiger partial charge < -0.3 is 19.5 Å². The maximum absolute atomic E-state index is 11.3. The molecule has 0 heterocycles. The number of hydrogen-bond acceptors (Lipinski definition) is 5. The number of amides is 3. The van der Waals surface area contributed by atoms with Gasteiger partial charge in [-0.3, -0.25) is 0 Å². The molecule has 1 rings (SSSR count). The number of benzene rings is 1. The van der Waals surface area contributed by atoms with Crippen molar-refractivity contribution in [2.75, 3.05) is 26.6 Å². The van der Waals surface area contributed by atoms with Crippen LogP contribution in [0.3, 0.4) is 0 Å². The predicted octanol–water partition coefficient (Wildman–Crippen LogP) is 1.59. The Balaban J connectivity index is 2.73. The molecule has 3 amide bonds. The molecular formula is C11H14N2O5. The van der Waals surface area contributed by atoms with Gasteiger partial charge in [-0.25, -0.2) is 14.9 Å². The second-order valence-corrected chi connectivity index (χ2v) is 3.14. The Morgan fingerprint density at radius 3 is 2.28 bits per heavy atom. The van der Waals surface area contributed by atoms with Crippen LogP contribution in [0.1, 0.15) is 0 Å². The number of nitrogens with one attached hydrogen (secondary N) is 2. The van der Waals surface area contributed by atoms with E-state index in [0.717, 1.165) is 0 Å². The van der Waals surface area contributed by atoms with Crippen molar-refractivity contribution in [3.8, 4) is 11.5 Å². The highest BCUT2D eigenvalue weighted by molar-refractivity contribution is 5.99. The summed E-state index contributed by atoms with van der Waals surface area (Å²) in [6, 6.07) is 4.11. The molecule has 2 N–H and O–H groups in total. The number of ether oxygens (including phenoxy) is 3. The molecular weight excluding hydrogens is 240 g/mol. The van der Waals surface area contributed by atoms with Crippen molar-refractivity contribution in [2.24, 2.45) is 0 Å². The third kappa shape index (κ3) is 3.55. The summed E-state index contributed by atoms with van der Waals surface area (Å²) >= 11 is 0. The van der Waals surface area contributed by atoms with E-state index in [-0.39, 0.29) is 0 Å². The molecule has 98 valence electrons. The second-order valence-electron chi connectivity index (χ2n) is 3.14. The molecule has 0 spiro atoms. The zero-order chi connectivity index (χ0) is 13.5. The van der Waals surface area contributed by atoms with Crippen LogP contribution >= 0.6 is 0 Å². The Morgan fingerprint density at radius 2 is 1.72 bits per heavy atom. The monoisotopic (exact) mass is 254 g/mol. The van der Waals surface area contributed by atoms with Gasteiger partial charge in [0.15, 0.2) is 11.5 Å². The van der Waals surface area contributed by atoms with Crippen LogP contribution in [-0.2, 0) is 4.74 Å². The highest BCUT2D eigenvalue weighted by atomic mass is 16.5. The molecule has 0 aromatic heterocycles. The molecule has 0 bridgehead atoms. The van der Waals surface area contributed by atoms with Crippen LogP contribution in [0, 0.1) is 0 Å². The smallest absolute Gasteiger partial charge is 0.415 e. The third-order valence-electron chi connectivity index (χ3n) is 2.04. The van der Waals surface area contributed by atoms with Gasteiger partial charge >= 0.3 is 12.1 Å². The van der Waals surface area contributed by atoms with E-state index in [1.165, 1.54) is 21.3 Å². The van der Waals surface area contributed by atoms with Crippen LogP contribution in [0.5, 0.6) is 11.5 Å². The van der Waals surface area contributed by atoms with E-state index in [2.05, 4.69) is 10.1 Å². The summed E-state index contributed by atoms with van der Waals surface area (Å²) < 4.78 is 14.4. The number of carbonyl (C=O) groups excluding carboxylic acids is 2. The van der Waals surface area contributed by atoms with E-state index in [1.807, 2.05) is 5.32 Å². The average molecular weight is 254 g/mol. The summed E-state index contributed by atoms with van der Waals surface area (Å²) in [5.41, 5.74) is 0.453. The SMILES string of the molecule is COC(=O)NC(=O)Nc1ccc(OC)c(OC)c1. The lowest BCUT2D eigenvalue weighted by Crippen LogP contribution is -2.34. The zero-order valence-electron chi connectivity index (χ0n) is 10.3. The quantitative estimate of drug-likeness (QED) is 0.855. The first-order valence-corrected chi connectivity index (χ1v) is 4.98. The van der Waals surface area contributed by atoms with Gasteiger partial charge in [-0.05, 0) is 12.1 Å². The number of alkyl carbamates (subject to hydrolysis) is 1. The Labute approximate surface area is 104 Å². The first-order chi connectivity index (χ1) is 8.60. The van der Waals surface area contributed by atoms with Crippen molar-refractivity contribution in [2.45, 2.75) is 0 Å². The molecule has 0 saturated heterocycles. The number of urea groups is 1. The van der Waals surface area contributed by atoms with Crippen LogP contribution in [0.15, 0.2) is 18.2 Å². The molecule has 7 heteroatoms. The molecule has 1 aromatic carbocycles. The number of imide groups is 1. The standard InChI is InChI=1S/C11H14N2O5/c1-16-8-5-4-7(6-9(8)17-2)12-10(14)13-11(15)18-3/h4-6H,1-3H3,(H2,12,13,14,15). The minimum atomic E-state index is -0.840. The second kappa shape index (κ2) is 6.33. The molecule has 0 aliphatic rings. The predicted molar refractivity (Wildman–Crippen MR) is 64.1 cm³/mol. The van der Waals surface area contributed by atoms with Crippen molar-refractivity contribution in [3.63, 3.8) is 0 Å². The van der Waals surface area contributed by atoms with Crippen LogP contribution in [0.25, 0.3) is 0 Å². The lowest BCUT2D eigenvalue weighted by Gasteiger charge is -2.10. The average Bonchev–Trinajstić information content (AvgIpc) is 2.38. The minimum Gasteiger partial charge on any atom is -0.493 e. The first kappa shape index (κ1) is 13.6. The summed E-state index contributed by atoms with van der Waals surface area (Å²) in [5.74, 6) is 1.00. The number of anilines is 1. The highest BCUT2D eigenvalue weighted by Crippen LogP contribution is 2.29. The van der Waals surface area contributed by atoms with Gasteiger partial charge in [-0.15, -0.1) is 0 Å². The Bertz CT molecular complexity index is 447. The highest BCUT2D eigenvalue weighted by Gasteiger charge is 2.09. The van der Waals surface area contributed by atoms with Gasteiger partial charge in [-0.1, -0.05) is 0 Å². The van der Waals surface area contributed by atoms with E-state index in [0.29, 0.717) is 17.2 Å². The van der Waals surface area contributed by atoms with Gasteiger partial charge in [-0.2, -0.15) is 0 Å². The van der Waals surface area contributed by atoms with Gasteiger partial charge in [0.2, 0.25) is 0 Å². The summed E-state index contributed by atoms with van der Waals surface area (Å²) in [6.07, 6.45) is -0.840. The molecule has 18 heavy (non-hydrogen) atoms. The normalized spacial score (nSPS) is 9.28. The molecule has 0 atom stereocenters. The Kier molecular flexibility index (Phi) is 4.79. The molecule has 0 radical (unpaired) electrons. The molecule has 1 aromatic rings. The van der Waals surface area contributed by atoms with Crippen LogP contribution in [0.2, 0.25) is 0 Å². The Morgan fingerprint density at radius 1 is 1.06 bits per heavy atom. The number of methoxy groups -OCH3 is 3. The summed E-state index contributed by atoms with van der Waals surface area (Å²) in [6.45, 7) is 0. The van der Waals surface area contributed by atoms with Crippen LogP contribution < -0.4 is 20.1 Å². The number of carbonyl (C=O) groups is 2. The maximum atomic E-state index is 11.3. The fourth-order valence-electron chi connectivity index (χ4n) is 1.22. The lowest BCUT2D eigenvalue weighted by molar-refractivity contribution is 0.172. The van der Waals surface area contributed by atoms with Gasteiger partial charge in [0.25, 0.3) is 0 Å². The van der Waals surface area contributed by atoms with E-state index < -0.39 is 12.1 Å². The molecule has 0 fully saturated rings. The molecule has 7 nitrogen and oxygen atoms in total. The molecule has 0 unspecified atom stereocenters.